The Morgan fingerprint density at radius 1 is 1.07 bits per heavy atom. The topological polar surface area (TPSA) is 61.4 Å². The average Bonchev–Trinajstić information content (AvgIpc) is 2.71. The molecule has 0 aromatic heterocycles. The molecular formula is C21H27N3O2S2. The summed E-state index contributed by atoms with van der Waals surface area (Å²) in [6.07, 6.45) is 3.75. The number of benzene rings is 2. The second-order valence-corrected chi connectivity index (χ2v) is 9.40. The third kappa shape index (κ3) is 5.31. The molecule has 0 saturated carbocycles. The third-order valence-electron chi connectivity index (χ3n) is 4.86. The van der Waals surface area contributed by atoms with E-state index in [0.717, 1.165) is 31.2 Å². The van der Waals surface area contributed by atoms with Gasteiger partial charge in [0.1, 0.15) is 4.90 Å². The van der Waals surface area contributed by atoms with Crippen molar-refractivity contribution in [2.45, 2.75) is 37.5 Å². The molecule has 0 radical (unpaired) electrons. The highest BCUT2D eigenvalue weighted by molar-refractivity contribution is 7.89. The van der Waals surface area contributed by atoms with Crippen LogP contribution in [0.3, 0.4) is 0 Å². The van der Waals surface area contributed by atoms with E-state index >= 15 is 0 Å². The zero-order valence-electron chi connectivity index (χ0n) is 16.1. The standard InChI is InChI=1S/C21H27N3O2S2/c1-17-10-11-19(20(16-17)28(25,26)24-14-6-3-7-15-24)23-21(27)22-13-12-18-8-4-2-5-9-18/h2,4-5,8-11,16H,3,6-7,12-15H2,1H3,(H2,22,23,27). The minimum Gasteiger partial charge on any atom is -0.362 e. The van der Waals surface area contributed by atoms with E-state index in [4.69, 9.17) is 12.2 Å². The third-order valence-corrected chi connectivity index (χ3v) is 7.05. The Balaban J connectivity index is 1.69. The van der Waals surface area contributed by atoms with Crippen LogP contribution in [0.2, 0.25) is 0 Å². The summed E-state index contributed by atoms with van der Waals surface area (Å²) in [6, 6.07) is 15.6. The largest absolute Gasteiger partial charge is 0.362 e. The number of nitrogens with one attached hydrogen (secondary N) is 2. The lowest BCUT2D eigenvalue weighted by atomic mass is 10.1. The van der Waals surface area contributed by atoms with Gasteiger partial charge in [0.15, 0.2) is 5.11 Å². The highest BCUT2D eigenvalue weighted by Gasteiger charge is 2.28. The van der Waals surface area contributed by atoms with E-state index in [1.165, 1.54) is 5.56 Å². The van der Waals surface area contributed by atoms with Gasteiger partial charge in [-0.05, 0) is 61.7 Å². The maximum absolute atomic E-state index is 13.2. The molecule has 1 fully saturated rings. The van der Waals surface area contributed by atoms with Crippen LogP contribution in [-0.2, 0) is 16.4 Å². The predicted molar refractivity (Wildman–Crippen MR) is 118 cm³/mol. The molecule has 1 saturated heterocycles. The second-order valence-electron chi connectivity index (χ2n) is 7.08. The molecule has 1 aliphatic rings. The van der Waals surface area contributed by atoms with Crippen LogP contribution in [0.1, 0.15) is 30.4 Å². The highest BCUT2D eigenvalue weighted by atomic mass is 32.2. The van der Waals surface area contributed by atoms with Crippen molar-refractivity contribution < 1.29 is 8.42 Å². The van der Waals surface area contributed by atoms with Crippen LogP contribution in [0, 0.1) is 6.92 Å². The van der Waals surface area contributed by atoms with Crippen LogP contribution < -0.4 is 10.6 Å². The van der Waals surface area contributed by atoms with Gasteiger partial charge < -0.3 is 10.6 Å². The Bertz CT molecular complexity index is 909. The summed E-state index contributed by atoms with van der Waals surface area (Å²) >= 11 is 5.39. The van der Waals surface area contributed by atoms with Crippen LogP contribution in [0.25, 0.3) is 0 Å². The smallest absolute Gasteiger partial charge is 0.245 e. The molecule has 2 aromatic rings. The molecule has 1 aliphatic heterocycles. The fourth-order valence-electron chi connectivity index (χ4n) is 3.32. The summed E-state index contributed by atoms with van der Waals surface area (Å²) in [4.78, 5) is 0.293. The summed E-state index contributed by atoms with van der Waals surface area (Å²) in [5.74, 6) is 0. The first-order valence-electron chi connectivity index (χ1n) is 9.66. The molecule has 150 valence electrons. The molecule has 5 nitrogen and oxygen atoms in total. The summed E-state index contributed by atoms with van der Waals surface area (Å²) in [5.41, 5.74) is 2.65. The summed E-state index contributed by atoms with van der Waals surface area (Å²) < 4.78 is 27.9. The Hall–Kier alpha value is -1.96. The monoisotopic (exact) mass is 417 g/mol. The average molecular weight is 418 g/mol. The summed E-state index contributed by atoms with van der Waals surface area (Å²) in [7, 11) is -3.54. The van der Waals surface area contributed by atoms with E-state index in [1.54, 1.807) is 16.4 Å². The molecule has 2 aromatic carbocycles. The zero-order valence-corrected chi connectivity index (χ0v) is 17.8. The van der Waals surface area contributed by atoms with E-state index in [2.05, 4.69) is 22.8 Å². The summed E-state index contributed by atoms with van der Waals surface area (Å²) in [6.45, 7) is 3.73. The number of thiocarbonyl (C=S) groups is 1. The van der Waals surface area contributed by atoms with E-state index < -0.39 is 10.0 Å². The lowest BCUT2D eigenvalue weighted by molar-refractivity contribution is 0.347. The van der Waals surface area contributed by atoms with Crippen molar-refractivity contribution in [1.29, 1.82) is 0 Å². The van der Waals surface area contributed by atoms with Crippen molar-refractivity contribution in [2.75, 3.05) is 25.0 Å². The van der Waals surface area contributed by atoms with Crippen molar-refractivity contribution in [3.8, 4) is 0 Å². The van der Waals surface area contributed by atoms with E-state index in [-0.39, 0.29) is 0 Å². The minimum atomic E-state index is -3.54. The fourth-order valence-corrected chi connectivity index (χ4v) is 5.28. The Morgan fingerprint density at radius 3 is 2.50 bits per heavy atom. The highest BCUT2D eigenvalue weighted by Crippen LogP contribution is 2.28. The second kappa shape index (κ2) is 9.49. The normalized spacial score (nSPS) is 15.2. The number of rotatable bonds is 6. The predicted octanol–water partition coefficient (Wildman–Crippen LogP) is 3.70. The van der Waals surface area contributed by atoms with Gasteiger partial charge in [0.2, 0.25) is 10.0 Å². The van der Waals surface area contributed by atoms with Crippen molar-refractivity contribution >= 4 is 33.0 Å². The van der Waals surface area contributed by atoms with Gasteiger partial charge in [-0.25, -0.2) is 8.42 Å². The number of aryl methyl sites for hydroxylation is 1. The SMILES string of the molecule is Cc1ccc(NC(=S)NCCc2ccccc2)c(S(=O)(=O)N2CCCCC2)c1. The van der Waals surface area contributed by atoms with Gasteiger partial charge in [0, 0.05) is 19.6 Å². The first-order chi connectivity index (χ1) is 13.5. The number of sulfonamides is 1. The molecule has 28 heavy (non-hydrogen) atoms. The first-order valence-corrected chi connectivity index (χ1v) is 11.5. The van der Waals surface area contributed by atoms with Gasteiger partial charge in [0.05, 0.1) is 5.69 Å². The van der Waals surface area contributed by atoms with Gasteiger partial charge in [0.25, 0.3) is 0 Å². The number of hydrogen-bond acceptors (Lipinski definition) is 3. The number of anilines is 1. The Labute approximate surface area is 173 Å². The molecule has 0 amide bonds. The molecule has 0 atom stereocenters. The summed E-state index contributed by atoms with van der Waals surface area (Å²) in [5, 5.41) is 6.67. The minimum absolute atomic E-state index is 0.293. The van der Waals surface area contributed by atoms with E-state index in [0.29, 0.717) is 35.3 Å². The number of nitrogens with zero attached hydrogens (tertiary/aromatic N) is 1. The molecule has 3 rings (SSSR count). The first kappa shape index (κ1) is 20.8. The lowest BCUT2D eigenvalue weighted by Crippen LogP contribution is -2.36. The van der Waals surface area contributed by atoms with Crippen molar-refractivity contribution in [2.24, 2.45) is 0 Å². The fraction of sp³-hybridized carbons (Fsp3) is 0.381. The van der Waals surface area contributed by atoms with Gasteiger partial charge in [-0.1, -0.05) is 42.8 Å². The Kier molecular flexibility index (Phi) is 7.04. The quantitative estimate of drug-likeness (QED) is 0.702. The van der Waals surface area contributed by atoms with E-state index in [9.17, 15) is 8.42 Å². The maximum Gasteiger partial charge on any atom is 0.245 e. The maximum atomic E-state index is 13.2. The van der Waals surface area contributed by atoms with Crippen molar-refractivity contribution in [3.63, 3.8) is 0 Å². The van der Waals surface area contributed by atoms with Gasteiger partial charge in [-0.15, -0.1) is 0 Å². The molecule has 0 unspecified atom stereocenters. The molecule has 0 spiro atoms. The lowest BCUT2D eigenvalue weighted by Gasteiger charge is -2.27. The molecular weight excluding hydrogens is 390 g/mol. The molecule has 0 aliphatic carbocycles. The van der Waals surface area contributed by atoms with Crippen LogP contribution in [-0.4, -0.2) is 37.5 Å². The molecule has 0 bridgehead atoms. The molecule has 2 N–H and O–H groups in total. The van der Waals surface area contributed by atoms with Gasteiger partial charge >= 0.3 is 0 Å². The van der Waals surface area contributed by atoms with Crippen LogP contribution in [0.5, 0.6) is 0 Å². The van der Waals surface area contributed by atoms with Crippen LogP contribution >= 0.6 is 12.2 Å². The van der Waals surface area contributed by atoms with Gasteiger partial charge in [-0.3, -0.25) is 0 Å². The van der Waals surface area contributed by atoms with Crippen molar-refractivity contribution in [3.05, 3.63) is 59.7 Å². The number of piperidine rings is 1. The Morgan fingerprint density at radius 2 is 1.79 bits per heavy atom. The van der Waals surface area contributed by atoms with Crippen LogP contribution in [0.15, 0.2) is 53.4 Å². The van der Waals surface area contributed by atoms with Crippen molar-refractivity contribution in [1.82, 2.24) is 9.62 Å². The molecule has 1 heterocycles. The molecule has 7 heteroatoms. The van der Waals surface area contributed by atoms with Crippen LogP contribution in [0.4, 0.5) is 5.69 Å². The van der Waals surface area contributed by atoms with Gasteiger partial charge in [-0.2, -0.15) is 4.31 Å². The van der Waals surface area contributed by atoms with E-state index in [1.807, 2.05) is 31.2 Å². The zero-order chi connectivity index (χ0) is 20.0. The number of hydrogen-bond donors (Lipinski definition) is 2.